The molecule has 2 unspecified atom stereocenters. The van der Waals surface area contributed by atoms with E-state index < -0.39 is 12.0 Å². The van der Waals surface area contributed by atoms with Crippen LogP contribution < -0.4 is 0 Å². The lowest BCUT2D eigenvalue weighted by Gasteiger charge is -2.25. The summed E-state index contributed by atoms with van der Waals surface area (Å²) in [6.07, 6.45) is 0. The van der Waals surface area contributed by atoms with Crippen LogP contribution in [0.15, 0.2) is 24.3 Å². The van der Waals surface area contributed by atoms with Crippen LogP contribution in [-0.4, -0.2) is 44.2 Å². The van der Waals surface area contributed by atoms with Gasteiger partial charge in [-0.2, -0.15) is 0 Å². The largest absolute Gasteiger partial charge is 0.508 e. The van der Waals surface area contributed by atoms with Crippen LogP contribution in [0.4, 0.5) is 0 Å². The van der Waals surface area contributed by atoms with E-state index in [0.29, 0.717) is 11.3 Å². The van der Waals surface area contributed by atoms with Crippen LogP contribution in [0, 0.1) is 0 Å². The fourth-order valence-electron chi connectivity index (χ4n) is 1.89. The van der Waals surface area contributed by atoms with Crippen molar-refractivity contribution in [1.29, 1.82) is 0 Å². The summed E-state index contributed by atoms with van der Waals surface area (Å²) in [5, 5.41) is 18.1. The SMILES string of the molecule is CC1SCC(C(=O)O)N1C(=O)c1ccc(O)cc1. The number of aliphatic carboxylic acids is 1. The van der Waals surface area contributed by atoms with E-state index in [0.717, 1.165) is 0 Å². The molecular formula is C12H13NO4S. The smallest absolute Gasteiger partial charge is 0.327 e. The zero-order chi connectivity index (χ0) is 13.3. The first-order chi connectivity index (χ1) is 8.50. The Bertz CT molecular complexity index is 473. The van der Waals surface area contributed by atoms with Crippen LogP contribution in [0.5, 0.6) is 5.75 Å². The van der Waals surface area contributed by atoms with Crippen LogP contribution >= 0.6 is 11.8 Å². The van der Waals surface area contributed by atoms with Gasteiger partial charge in [0, 0.05) is 11.3 Å². The van der Waals surface area contributed by atoms with Crippen LogP contribution in [0.2, 0.25) is 0 Å². The van der Waals surface area contributed by atoms with Gasteiger partial charge in [0.2, 0.25) is 0 Å². The van der Waals surface area contributed by atoms with Gasteiger partial charge in [-0.15, -0.1) is 11.8 Å². The highest BCUT2D eigenvalue weighted by molar-refractivity contribution is 8.00. The molecule has 0 saturated carbocycles. The molecule has 1 aromatic carbocycles. The predicted octanol–water partition coefficient (Wildman–Crippen LogP) is 1.38. The van der Waals surface area contributed by atoms with E-state index in [-0.39, 0.29) is 17.0 Å². The number of rotatable bonds is 2. The second-order valence-corrected chi connectivity index (χ2v) is 5.39. The van der Waals surface area contributed by atoms with E-state index in [1.54, 1.807) is 0 Å². The highest BCUT2D eigenvalue weighted by Gasteiger charge is 2.39. The molecule has 2 rings (SSSR count). The Labute approximate surface area is 108 Å². The predicted molar refractivity (Wildman–Crippen MR) is 67.6 cm³/mol. The number of hydrogen-bond acceptors (Lipinski definition) is 4. The highest BCUT2D eigenvalue weighted by Crippen LogP contribution is 2.30. The first-order valence-electron chi connectivity index (χ1n) is 5.47. The van der Waals surface area contributed by atoms with Gasteiger partial charge < -0.3 is 15.1 Å². The Kier molecular flexibility index (Phi) is 3.47. The van der Waals surface area contributed by atoms with Crippen molar-refractivity contribution < 1.29 is 19.8 Å². The lowest BCUT2D eigenvalue weighted by Crippen LogP contribution is -2.44. The maximum Gasteiger partial charge on any atom is 0.327 e. The molecule has 1 saturated heterocycles. The van der Waals surface area contributed by atoms with E-state index >= 15 is 0 Å². The number of hydrogen-bond donors (Lipinski definition) is 2. The average Bonchev–Trinajstić information content (AvgIpc) is 2.71. The molecule has 2 N–H and O–H groups in total. The molecule has 6 heteroatoms. The number of carbonyl (C=O) groups excluding carboxylic acids is 1. The van der Waals surface area contributed by atoms with Crippen LogP contribution in [0.3, 0.4) is 0 Å². The molecule has 0 aromatic heterocycles. The lowest BCUT2D eigenvalue weighted by molar-refractivity contribution is -0.141. The molecule has 18 heavy (non-hydrogen) atoms. The number of nitrogens with zero attached hydrogens (tertiary/aromatic N) is 1. The Hall–Kier alpha value is -1.69. The molecule has 1 aliphatic rings. The summed E-state index contributed by atoms with van der Waals surface area (Å²) in [5.41, 5.74) is 0.383. The summed E-state index contributed by atoms with van der Waals surface area (Å²) in [4.78, 5) is 24.7. The van der Waals surface area contributed by atoms with Gasteiger partial charge in [-0.3, -0.25) is 4.79 Å². The minimum absolute atomic E-state index is 0.0742. The van der Waals surface area contributed by atoms with Gasteiger partial charge in [-0.25, -0.2) is 4.79 Å². The van der Waals surface area contributed by atoms with Crippen molar-refractivity contribution in [2.24, 2.45) is 0 Å². The molecular weight excluding hydrogens is 254 g/mol. The van der Waals surface area contributed by atoms with Crippen LogP contribution in [0.25, 0.3) is 0 Å². The van der Waals surface area contributed by atoms with Gasteiger partial charge in [0.05, 0.1) is 5.37 Å². The van der Waals surface area contributed by atoms with Gasteiger partial charge in [-0.1, -0.05) is 0 Å². The number of carboxylic acid groups (broad SMARTS) is 1. The number of phenols is 1. The van der Waals surface area contributed by atoms with Gasteiger partial charge in [-0.05, 0) is 31.2 Å². The molecule has 0 aliphatic carbocycles. The van der Waals surface area contributed by atoms with E-state index in [1.807, 2.05) is 6.92 Å². The Morgan fingerprint density at radius 1 is 1.33 bits per heavy atom. The number of carboxylic acids is 1. The fourth-order valence-corrected chi connectivity index (χ4v) is 3.06. The van der Waals surface area contributed by atoms with Gasteiger partial charge in [0.15, 0.2) is 0 Å². The number of phenolic OH excluding ortho intramolecular Hbond substituents is 1. The minimum Gasteiger partial charge on any atom is -0.508 e. The van der Waals surface area contributed by atoms with E-state index in [2.05, 4.69) is 0 Å². The topological polar surface area (TPSA) is 77.8 Å². The fraction of sp³-hybridized carbons (Fsp3) is 0.333. The Morgan fingerprint density at radius 3 is 2.50 bits per heavy atom. The Morgan fingerprint density at radius 2 is 1.94 bits per heavy atom. The molecule has 1 aliphatic heterocycles. The molecule has 1 amide bonds. The normalized spacial score (nSPS) is 23.1. The van der Waals surface area contributed by atoms with E-state index in [1.165, 1.54) is 40.9 Å². The van der Waals surface area contributed by atoms with Crippen molar-refractivity contribution in [3.63, 3.8) is 0 Å². The molecule has 1 heterocycles. The van der Waals surface area contributed by atoms with Crippen LogP contribution in [0.1, 0.15) is 17.3 Å². The number of benzene rings is 1. The summed E-state index contributed by atoms with van der Waals surface area (Å²) in [5.74, 6) is -0.829. The van der Waals surface area contributed by atoms with Gasteiger partial charge >= 0.3 is 5.97 Å². The summed E-state index contributed by atoms with van der Waals surface area (Å²) in [6, 6.07) is 5.03. The standard InChI is InChI=1S/C12H13NO4S/c1-7-13(10(6-18-7)12(16)17)11(15)8-2-4-9(14)5-3-8/h2-5,7,10,14H,6H2,1H3,(H,16,17). The monoisotopic (exact) mass is 267 g/mol. The zero-order valence-corrected chi connectivity index (χ0v) is 10.6. The number of carbonyl (C=O) groups is 2. The van der Waals surface area contributed by atoms with Crippen molar-refractivity contribution >= 4 is 23.6 Å². The molecule has 0 spiro atoms. The second-order valence-electron chi connectivity index (χ2n) is 4.05. The minimum atomic E-state index is -0.987. The first-order valence-corrected chi connectivity index (χ1v) is 6.51. The molecule has 1 fully saturated rings. The first kappa shape index (κ1) is 12.8. The second kappa shape index (κ2) is 4.89. The summed E-state index contributed by atoms with van der Waals surface area (Å²) in [6.45, 7) is 1.81. The summed E-state index contributed by atoms with van der Waals surface area (Å²) < 4.78 is 0. The molecule has 5 nitrogen and oxygen atoms in total. The van der Waals surface area contributed by atoms with Crippen molar-refractivity contribution in [2.45, 2.75) is 18.3 Å². The molecule has 96 valence electrons. The van der Waals surface area contributed by atoms with Crippen LogP contribution in [-0.2, 0) is 4.79 Å². The quantitative estimate of drug-likeness (QED) is 0.846. The Balaban J connectivity index is 2.26. The van der Waals surface area contributed by atoms with E-state index in [4.69, 9.17) is 5.11 Å². The summed E-state index contributed by atoms with van der Waals surface area (Å²) >= 11 is 1.44. The molecule has 0 radical (unpaired) electrons. The third-order valence-corrected chi connectivity index (χ3v) is 4.07. The number of thioether (sulfide) groups is 1. The van der Waals surface area contributed by atoms with Gasteiger partial charge in [0.1, 0.15) is 11.8 Å². The van der Waals surface area contributed by atoms with Crippen molar-refractivity contribution in [1.82, 2.24) is 4.90 Å². The number of aromatic hydroxyl groups is 1. The van der Waals surface area contributed by atoms with Crippen molar-refractivity contribution in [3.05, 3.63) is 29.8 Å². The van der Waals surface area contributed by atoms with E-state index in [9.17, 15) is 14.7 Å². The highest BCUT2D eigenvalue weighted by atomic mass is 32.2. The summed E-state index contributed by atoms with van der Waals surface area (Å²) in [7, 11) is 0. The maximum absolute atomic E-state index is 12.3. The maximum atomic E-state index is 12.3. The van der Waals surface area contributed by atoms with Gasteiger partial charge in [0.25, 0.3) is 5.91 Å². The zero-order valence-electron chi connectivity index (χ0n) is 9.74. The van der Waals surface area contributed by atoms with Crippen molar-refractivity contribution in [2.75, 3.05) is 5.75 Å². The third kappa shape index (κ3) is 2.28. The number of amides is 1. The molecule has 2 atom stereocenters. The third-order valence-electron chi connectivity index (χ3n) is 2.86. The average molecular weight is 267 g/mol. The molecule has 0 bridgehead atoms. The van der Waals surface area contributed by atoms with Crippen molar-refractivity contribution in [3.8, 4) is 5.75 Å². The molecule has 1 aromatic rings. The lowest BCUT2D eigenvalue weighted by atomic mass is 10.1.